The van der Waals surface area contributed by atoms with E-state index >= 15 is 0 Å². The largest absolute Gasteiger partial charge is 0.334 e. The van der Waals surface area contributed by atoms with Gasteiger partial charge in [0.25, 0.3) is 0 Å². The van der Waals surface area contributed by atoms with Crippen LogP contribution >= 0.6 is 11.3 Å². The van der Waals surface area contributed by atoms with Crippen LogP contribution in [-0.2, 0) is 13.1 Å². The molecule has 1 saturated carbocycles. The summed E-state index contributed by atoms with van der Waals surface area (Å²) in [5.74, 6) is 0.513. The minimum atomic E-state index is -0.241. The third-order valence-corrected chi connectivity index (χ3v) is 5.56. The quantitative estimate of drug-likeness (QED) is 0.804. The third kappa shape index (κ3) is 5.51. The van der Waals surface area contributed by atoms with Crippen molar-refractivity contribution in [3.8, 4) is 0 Å². The highest BCUT2D eigenvalue weighted by atomic mass is 32.1. The summed E-state index contributed by atoms with van der Waals surface area (Å²) >= 11 is 1.50. The number of nitrogens with zero attached hydrogens (tertiary/aromatic N) is 3. The smallest absolute Gasteiger partial charge is 0.321 e. The molecular formula is C19H27N5OS. The number of amides is 2. The van der Waals surface area contributed by atoms with Crippen molar-refractivity contribution in [1.82, 2.24) is 20.4 Å². The third-order valence-electron chi connectivity index (χ3n) is 4.56. The first-order valence-corrected chi connectivity index (χ1v) is 10.0. The maximum absolute atomic E-state index is 12.1. The van der Waals surface area contributed by atoms with Crippen molar-refractivity contribution in [2.24, 2.45) is 0 Å². The van der Waals surface area contributed by atoms with E-state index in [2.05, 4.69) is 37.9 Å². The van der Waals surface area contributed by atoms with E-state index in [-0.39, 0.29) is 6.03 Å². The molecule has 140 valence electrons. The standard InChI is InChI=1S/C19H27N5OS/c1-24(2)13-15-8-6-7-14(11-15)12-20-18(25)21-19-23-22-17(26-19)16-9-4-3-5-10-16/h6-8,11,16H,3-5,9-10,12-13H2,1-2H3,(H2,20,21,23,25). The SMILES string of the molecule is CN(C)Cc1cccc(CNC(=O)Nc2nnc(C3CCCCC3)s2)c1. The Kier molecular flexibility index (Phi) is 6.57. The van der Waals surface area contributed by atoms with E-state index in [1.165, 1.54) is 49.0 Å². The maximum Gasteiger partial charge on any atom is 0.321 e. The van der Waals surface area contributed by atoms with Crippen LogP contribution in [0, 0.1) is 0 Å². The fourth-order valence-electron chi connectivity index (χ4n) is 3.33. The molecule has 2 N–H and O–H groups in total. The highest BCUT2D eigenvalue weighted by Crippen LogP contribution is 2.35. The average Bonchev–Trinajstić information content (AvgIpc) is 3.09. The monoisotopic (exact) mass is 373 g/mol. The van der Waals surface area contributed by atoms with Gasteiger partial charge in [0.05, 0.1) is 0 Å². The summed E-state index contributed by atoms with van der Waals surface area (Å²) in [7, 11) is 4.09. The molecule has 6 nitrogen and oxygen atoms in total. The van der Waals surface area contributed by atoms with Crippen molar-refractivity contribution in [2.45, 2.75) is 51.1 Å². The number of aromatic nitrogens is 2. The molecule has 2 aromatic rings. The first kappa shape index (κ1) is 18.8. The van der Waals surface area contributed by atoms with Crippen LogP contribution in [0.4, 0.5) is 9.93 Å². The first-order valence-electron chi connectivity index (χ1n) is 9.21. The molecule has 2 amide bonds. The van der Waals surface area contributed by atoms with Gasteiger partial charge in [-0.05, 0) is 38.1 Å². The van der Waals surface area contributed by atoms with Crippen molar-refractivity contribution < 1.29 is 4.79 Å². The molecule has 26 heavy (non-hydrogen) atoms. The van der Waals surface area contributed by atoms with Crippen molar-refractivity contribution in [3.63, 3.8) is 0 Å². The maximum atomic E-state index is 12.1. The molecule has 0 unspecified atom stereocenters. The molecule has 1 aliphatic carbocycles. The number of hydrogen-bond acceptors (Lipinski definition) is 5. The molecule has 0 atom stereocenters. The number of carbonyl (C=O) groups is 1. The lowest BCUT2D eigenvalue weighted by Crippen LogP contribution is -2.28. The molecule has 0 saturated heterocycles. The lowest BCUT2D eigenvalue weighted by Gasteiger charge is -2.18. The number of benzene rings is 1. The van der Waals surface area contributed by atoms with Crippen LogP contribution < -0.4 is 10.6 Å². The van der Waals surface area contributed by atoms with E-state index in [4.69, 9.17) is 0 Å². The van der Waals surface area contributed by atoms with Gasteiger partial charge >= 0.3 is 6.03 Å². The number of rotatable bonds is 6. The summed E-state index contributed by atoms with van der Waals surface area (Å²) < 4.78 is 0. The lowest BCUT2D eigenvalue weighted by atomic mass is 9.90. The van der Waals surface area contributed by atoms with Gasteiger partial charge in [-0.3, -0.25) is 5.32 Å². The average molecular weight is 374 g/mol. The molecular weight excluding hydrogens is 346 g/mol. The zero-order chi connectivity index (χ0) is 18.4. The summed E-state index contributed by atoms with van der Waals surface area (Å²) in [5.41, 5.74) is 2.32. The molecule has 1 aromatic heterocycles. The van der Waals surface area contributed by atoms with E-state index in [1.54, 1.807) is 0 Å². The highest BCUT2D eigenvalue weighted by molar-refractivity contribution is 7.15. The van der Waals surface area contributed by atoms with Crippen molar-refractivity contribution in [3.05, 3.63) is 40.4 Å². The Labute approximate surface area is 159 Å². The molecule has 0 spiro atoms. The second kappa shape index (κ2) is 9.09. The molecule has 1 heterocycles. The van der Waals surface area contributed by atoms with E-state index in [0.29, 0.717) is 17.6 Å². The Morgan fingerprint density at radius 2 is 1.96 bits per heavy atom. The summed E-state index contributed by atoms with van der Waals surface area (Å²) in [6.45, 7) is 1.37. The van der Waals surface area contributed by atoms with Gasteiger partial charge in [0, 0.05) is 19.0 Å². The van der Waals surface area contributed by atoms with Gasteiger partial charge in [-0.15, -0.1) is 10.2 Å². The van der Waals surface area contributed by atoms with Crippen LogP contribution in [0.5, 0.6) is 0 Å². The van der Waals surface area contributed by atoms with Gasteiger partial charge in [0.1, 0.15) is 5.01 Å². The van der Waals surface area contributed by atoms with Crippen molar-refractivity contribution in [2.75, 3.05) is 19.4 Å². The van der Waals surface area contributed by atoms with E-state index < -0.39 is 0 Å². The van der Waals surface area contributed by atoms with Gasteiger partial charge in [-0.1, -0.05) is 54.9 Å². The van der Waals surface area contributed by atoms with E-state index in [1.807, 2.05) is 26.2 Å². The Hall–Kier alpha value is -1.99. The van der Waals surface area contributed by atoms with Gasteiger partial charge in [0.15, 0.2) is 0 Å². The van der Waals surface area contributed by atoms with Crippen LogP contribution in [0.3, 0.4) is 0 Å². The number of anilines is 1. The second-order valence-electron chi connectivity index (χ2n) is 7.15. The Balaban J connectivity index is 1.49. The number of urea groups is 1. The Morgan fingerprint density at radius 1 is 1.19 bits per heavy atom. The summed E-state index contributed by atoms with van der Waals surface area (Å²) in [5, 5.41) is 15.7. The Bertz CT molecular complexity index is 724. The molecule has 1 fully saturated rings. The molecule has 0 bridgehead atoms. The van der Waals surface area contributed by atoms with Gasteiger partial charge in [-0.25, -0.2) is 4.79 Å². The zero-order valence-electron chi connectivity index (χ0n) is 15.5. The molecule has 0 radical (unpaired) electrons. The fraction of sp³-hybridized carbons (Fsp3) is 0.526. The van der Waals surface area contributed by atoms with Crippen LogP contribution in [0.25, 0.3) is 0 Å². The fourth-order valence-corrected chi connectivity index (χ4v) is 4.23. The zero-order valence-corrected chi connectivity index (χ0v) is 16.3. The predicted molar refractivity (Wildman–Crippen MR) is 105 cm³/mol. The molecule has 3 rings (SSSR count). The highest BCUT2D eigenvalue weighted by Gasteiger charge is 2.20. The summed E-state index contributed by atoms with van der Waals surface area (Å²) in [6, 6.07) is 8.01. The second-order valence-corrected chi connectivity index (χ2v) is 8.15. The normalized spacial score (nSPS) is 15.2. The molecule has 7 heteroatoms. The Morgan fingerprint density at radius 3 is 2.73 bits per heavy atom. The topological polar surface area (TPSA) is 70.2 Å². The number of carbonyl (C=O) groups excluding carboxylic acids is 1. The van der Waals surface area contributed by atoms with Gasteiger partial charge in [0.2, 0.25) is 5.13 Å². The number of nitrogens with one attached hydrogen (secondary N) is 2. The molecule has 1 aromatic carbocycles. The van der Waals surface area contributed by atoms with Crippen molar-refractivity contribution >= 4 is 22.5 Å². The minimum absolute atomic E-state index is 0.241. The predicted octanol–water partition coefficient (Wildman–Crippen LogP) is 3.97. The van der Waals surface area contributed by atoms with Crippen LogP contribution in [0.15, 0.2) is 24.3 Å². The molecule has 1 aliphatic rings. The van der Waals surface area contributed by atoms with E-state index in [0.717, 1.165) is 17.1 Å². The van der Waals surface area contributed by atoms with Crippen molar-refractivity contribution in [1.29, 1.82) is 0 Å². The van der Waals surface area contributed by atoms with Crippen LogP contribution in [0.1, 0.15) is 54.2 Å². The van der Waals surface area contributed by atoms with Gasteiger partial charge < -0.3 is 10.2 Å². The van der Waals surface area contributed by atoms with Crippen LogP contribution in [-0.4, -0.2) is 35.2 Å². The molecule has 0 aliphatic heterocycles. The number of hydrogen-bond donors (Lipinski definition) is 2. The van der Waals surface area contributed by atoms with E-state index in [9.17, 15) is 4.79 Å². The first-order chi connectivity index (χ1) is 12.6. The van der Waals surface area contributed by atoms with Crippen LogP contribution in [0.2, 0.25) is 0 Å². The summed E-state index contributed by atoms with van der Waals surface area (Å²) in [4.78, 5) is 14.3. The summed E-state index contributed by atoms with van der Waals surface area (Å²) in [6.07, 6.45) is 6.22. The van der Waals surface area contributed by atoms with Gasteiger partial charge in [-0.2, -0.15) is 0 Å². The lowest BCUT2D eigenvalue weighted by molar-refractivity contribution is 0.251. The minimum Gasteiger partial charge on any atom is -0.334 e.